The Labute approximate surface area is 122 Å². The number of nitrogen functional groups attached to an aromatic ring is 1. The molecule has 1 fully saturated rings. The highest BCUT2D eigenvalue weighted by molar-refractivity contribution is 7.89. The molecule has 8 heteroatoms. The number of rotatable bonds is 2. The molecule has 0 amide bonds. The maximum Gasteiger partial charge on any atom is 0.246 e. The van der Waals surface area contributed by atoms with Gasteiger partial charge in [0.05, 0.1) is 11.8 Å². The molecule has 1 saturated heterocycles. The van der Waals surface area contributed by atoms with Gasteiger partial charge in [-0.15, -0.1) is 0 Å². The molecule has 3 N–H and O–H groups in total. The quantitative estimate of drug-likeness (QED) is 0.807. The van der Waals surface area contributed by atoms with E-state index in [0.29, 0.717) is 6.42 Å². The van der Waals surface area contributed by atoms with Crippen molar-refractivity contribution in [2.24, 2.45) is 5.92 Å². The molecule has 2 unspecified atom stereocenters. The zero-order valence-electron chi connectivity index (χ0n) is 10.9. The van der Waals surface area contributed by atoms with Crippen LogP contribution in [0.1, 0.15) is 13.3 Å². The number of piperidine rings is 1. The highest BCUT2D eigenvalue weighted by Gasteiger charge is 2.34. The molecule has 0 spiro atoms. The van der Waals surface area contributed by atoms with Crippen molar-refractivity contribution in [2.45, 2.75) is 24.3 Å². The third-order valence-electron chi connectivity index (χ3n) is 3.53. The molecule has 0 radical (unpaired) electrons. The number of aliphatic hydroxyl groups is 1. The lowest BCUT2D eigenvalue weighted by molar-refractivity contribution is 0.0604. The van der Waals surface area contributed by atoms with Crippen molar-refractivity contribution < 1.29 is 17.9 Å². The third-order valence-corrected chi connectivity index (χ3v) is 5.61. The van der Waals surface area contributed by atoms with Gasteiger partial charge in [-0.3, -0.25) is 0 Å². The van der Waals surface area contributed by atoms with Crippen LogP contribution in [0.3, 0.4) is 0 Å². The van der Waals surface area contributed by atoms with Crippen LogP contribution in [-0.2, 0) is 10.0 Å². The maximum atomic E-state index is 14.0. The second-order valence-electron chi connectivity index (χ2n) is 5.00. The minimum Gasteiger partial charge on any atom is -0.396 e. The maximum absolute atomic E-state index is 14.0. The van der Waals surface area contributed by atoms with Gasteiger partial charge in [0.1, 0.15) is 4.90 Å². The molecule has 0 saturated carbocycles. The van der Waals surface area contributed by atoms with Gasteiger partial charge >= 0.3 is 0 Å². The van der Waals surface area contributed by atoms with Crippen LogP contribution in [0.5, 0.6) is 0 Å². The average Bonchev–Trinajstić information content (AvgIpc) is 2.36. The molecule has 20 heavy (non-hydrogen) atoms. The van der Waals surface area contributed by atoms with E-state index in [9.17, 15) is 17.9 Å². The number of β-amino-alcohol motifs (C(OH)–C–C–N with tert-alkyl or cyclic N) is 1. The largest absolute Gasteiger partial charge is 0.396 e. The van der Waals surface area contributed by atoms with Gasteiger partial charge in [0, 0.05) is 18.1 Å². The normalized spacial score (nSPS) is 24.8. The highest BCUT2D eigenvalue weighted by Crippen LogP contribution is 2.30. The lowest BCUT2D eigenvalue weighted by Gasteiger charge is -2.33. The first-order chi connectivity index (χ1) is 9.23. The number of nitrogens with zero attached hydrogens (tertiary/aromatic N) is 1. The zero-order valence-corrected chi connectivity index (χ0v) is 12.5. The molecular formula is C12H16ClFN2O3S. The minimum absolute atomic E-state index is 0.00993. The molecule has 1 aromatic rings. The third kappa shape index (κ3) is 2.76. The first-order valence-corrected chi connectivity index (χ1v) is 7.98. The Morgan fingerprint density at radius 2 is 2.15 bits per heavy atom. The highest BCUT2D eigenvalue weighted by atomic mass is 35.5. The predicted molar refractivity (Wildman–Crippen MR) is 74.4 cm³/mol. The van der Waals surface area contributed by atoms with E-state index in [1.54, 1.807) is 0 Å². The smallest absolute Gasteiger partial charge is 0.246 e. The van der Waals surface area contributed by atoms with Crippen molar-refractivity contribution in [3.63, 3.8) is 0 Å². The van der Waals surface area contributed by atoms with Gasteiger partial charge in [0.25, 0.3) is 0 Å². The standard InChI is InChI=1S/C12H16ClFN2O3S/c1-7-2-3-16(6-10(7)17)20(18,19)11-5-8(13)4-9(15)12(11)14/h4-5,7,10,17H,2-3,6,15H2,1H3. The molecule has 0 aromatic heterocycles. The summed E-state index contributed by atoms with van der Waals surface area (Å²) in [6.45, 7) is 2.01. The molecule has 1 aromatic carbocycles. The molecular weight excluding hydrogens is 307 g/mol. The number of hydrogen-bond donors (Lipinski definition) is 2. The molecule has 1 heterocycles. The summed E-state index contributed by atoms with van der Waals surface area (Å²) in [4.78, 5) is -0.552. The van der Waals surface area contributed by atoms with E-state index < -0.39 is 26.8 Å². The summed E-state index contributed by atoms with van der Waals surface area (Å²) in [6.07, 6.45) is -0.254. The van der Waals surface area contributed by atoms with Crippen LogP contribution in [-0.4, -0.2) is 37.0 Å². The van der Waals surface area contributed by atoms with Crippen LogP contribution >= 0.6 is 11.6 Å². The van der Waals surface area contributed by atoms with Crippen molar-refractivity contribution in [1.82, 2.24) is 4.31 Å². The van der Waals surface area contributed by atoms with Crippen LogP contribution in [0.4, 0.5) is 10.1 Å². The molecule has 1 aliphatic heterocycles. The molecule has 0 aliphatic carbocycles. The Hall–Kier alpha value is -0.890. The second-order valence-corrected chi connectivity index (χ2v) is 7.35. The van der Waals surface area contributed by atoms with Gasteiger partial charge in [0.15, 0.2) is 5.82 Å². The van der Waals surface area contributed by atoms with E-state index in [2.05, 4.69) is 0 Å². The van der Waals surface area contributed by atoms with Crippen molar-refractivity contribution in [2.75, 3.05) is 18.8 Å². The number of halogens is 2. The Morgan fingerprint density at radius 1 is 1.50 bits per heavy atom. The lowest BCUT2D eigenvalue weighted by Crippen LogP contribution is -2.45. The van der Waals surface area contributed by atoms with Gasteiger partial charge in [0.2, 0.25) is 10.0 Å². The number of aliphatic hydroxyl groups excluding tert-OH is 1. The van der Waals surface area contributed by atoms with Crippen molar-refractivity contribution in [3.8, 4) is 0 Å². The summed E-state index contributed by atoms with van der Waals surface area (Å²) in [5, 5.41) is 9.84. The molecule has 2 rings (SSSR count). The molecule has 1 aliphatic rings. The number of nitrogens with two attached hydrogens (primary N) is 1. The number of benzene rings is 1. The number of sulfonamides is 1. The first-order valence-electron chi connectivity index (χ1n) is 6.16. The molecule has 112 valence electrons. The predicted octanol–water partition coefficient (Wildman–Crippen LogP) is 1.45. The minimum atomic E-state index is -4.06. The van der Waals surface area contributed by atoms with Crippen LogP contribution in [0, 0.1) is 11.7 Å². The summed E-state index contributed by atoms with van der Waals surface area (Å²) < 4.78 is 39.9. The van der Waals surface area contributed by atoms with Crippen molar-refractivity contribution in [1.29, 1.82) is 0 Å². The fraction of sp³-hybridized carbons (Fsp3) is 0.500. The van der Waals surface area contributed by atoms with Gasteiger partial charge in [-0.05, 0) is 24.5 Å². The summed E-state index contributed by atoms with van der Waals surface area (Å²) in [5.41, 5.74) is 5.09. The van der Waals surface area contributed by atoms with E-state index in [4.69, 9.17) is 17.3 Å². The second kappa shape index (κ2) is 5.48. The zero-order chi connectivity index (χ0) is 15.1. The first kappa shape index (κ1) is 15.5. The Morgan fingerprint density at radius 3 is 2.75 bits per heavy atom. The van der Waals surface area contributed by atoms with Gasteiger partial charge in [-0.1, -0.05) is 18.5 Å². The molecule has 5 nitrogen and oxygen atoms in total. The Bertz CT molecular complexity index is 623. The summed E-state index contributed by atoms with van der Waals surface area (Å²) in [7, 11) is -4.06. The monoisotopic (exact) mass is 322 g/mol. The van der Waals surface area contributed by atoms with Crippen molar-refractivity contribution >= 4 is 27.3 Å². The van der Waals surface area contributed by atoms with Gasteiger partial charge in [-0.2, -0.15) is 4.31 Å². The van der Waals surface area contributed by atoms with E-state index in [1.165, 1.54) is 0 Å². The van der Waals surface area contributed by atoms with Crippen LogP contribution in [0.2, 0.25) is 5.02 Å². The Kier molecular flexibility index (Phi) is 4.24. The number of hydrogen-bond acceptors (Lipinski definition) is 4. The Balaban J connectivity index is 2.41. The van der Waals surface area contributed by atoms with Crippen LogP contribution in [0.15, 0.2) is 17.0 Å². The average molecular weight is 323 g/mol. The number of anilines is 1. The van der Waals surface area contributed by atoms with Gasteiger partial charge < -0.3 is 10.8 Å². The molecule has 2 atom stereocenters. The van der Waals surface area contributed by atoms with E-state index in [0.717, 1.165) is 16.4 Å². The van der Waals surface area contributed by atoms with E-state index >= 15 is 0 Å². The summed E-state index contributed by atoms with van der Waals surface area (Å²) >= 11 is 5.74. The molecule has 0 bridgehead atoms. The van der Waals surface area contributed by atoms with Crippen LogP contribution < -0.4 is 5.73 Å². The van der Waals surface area contributed by atoms with Crippen molar-refractivity contribution in [3.05, 3.63) is 23.0 Å². The topological polar surface area (TPSA) is 83.6 Å². The van der Waals surface area contributed by atoms with E-state index in [-0.39, 0.29) is 29.7 Å². The SMILES string of the molecule is CC1CCN(S(=O)(=O)c2cc(Cl)cc(N)c2F)CC1O. The van der Waals surface area contributed by atoms with Crippen LogP contribution in [0.25, 0.3) is 0 Å². The fourth-order valence-electron chi connectivity index (χ4n) is 2.15. The van der Waals surface area contributed by atoms with E-state index in [1.807, 2.05) is 6.92 Å². The van der Waals surface area contributed by atoms with Gasteiger partial charge in [-0.25, -0.2) is 12.8 Å². The fourth-order valence-corrected chi connectivity index (χ4v) is 4.03. The lowest BCUT2D eigenvalue weighted by atomic mass is 9.98. The summed E-state index contributed by atoms with van der Waals surface area (Å²) in [6, 6.07) is 2.19. The summed E-state index contributed by atoms with van der Waals surface area (Å²) in [5.74, 6) is -1.00.